The molecule has 28 heavy (non-hydrogen) atoms. The van der Waals surface area contributed by atoms with Gasteiger partial charge in [-0.25, -0.2) is 9.07 Å². The van der Waals surface area contributed by atoms with E-state index in [0.29, 0.717) is 22.0 Å². The van der Waals surface area contributed by atoms with Gasteiger partial charge in [0, 0.05) is 43.8 Å². The average molecular weight is 415 g/mol. The van der Waals surface area contributed by atoms with Gasteiger partial charge in [0.15, 0.2) is 11.6 Å². The summed E-state index contributed by atoms with van der Waals surface area (Å²) in [6, 6.07) is 4.97. The Kier molecular flexibility index (Phi) is 4.59. The molecule has 2 heterocycles. The number of nitrogens with zero attached hydrogens (tertiary/aromatic N) is 3. The number of aromatic nitrogens is 2. The summed E-state index contributed by atoms with van der Waals surface area (Å²) in [6.07, 6.45) is -3.42. The summed E-state index contributed by atoms with van der Waals surface area (Å²) < 4.78 is 53.9. The zero-order chi connectivity index (χ0) is 20.1. The van der Waals surface area contributed by atoms with Crippen molar-refractivity contribution >= 4 is 28.2 Å². The summed E-state index contributed by atoms with van der Waals surface area (Å²) in [5.41, 5.74) is -0.377. The number of fused-ring (bicyclic) bond motifs is 1. The van der Waals surface area contributed by atoms with Gasteiger partial charge >= 0.3 is 6.18 Å². The van der Waals surface area contributed by atoms with Gasteiger partial charge in [-0.2, -0.15) is 18.3 Å². The molecule has 1 saturated heterocycles. The van der Waals surface area contributed by atoms with Gasteiger partial charge in [0.05, 0.1) is 27.5 Å². The SMILES string of the molecule is Oc1cc(-n2cc3cc(N4CCNCC4)c(Cl)cc3n2)cc(C(F)(F)F)c1F. The minimum absolute atomic E-state index is 0.109. The van der Waals surface area contributed by atoms with Crippen LogP contribution >= 0.6 is 11.6 Å². The number of hydrogen-bond donors (Lipinski definition) is 2. The lowest BCUT2D eigenvalue weighted by Gasteiger charge is -2.30. The first kappa shape index (κ1) is 18.8. The third-order valence-electron chi connectivity index (χ3n) is 4.64. The minimum atomic E-state index is -4.94. The molecule has 2 aromatic carbocycles. The monoisotopic (exact) mass is 414 g/mol. The normalized spacial score (nSPS) is 15.4. The number of aromatic hydroxyl groups is 1. The van der Waals surface area contributed by atoms with Crippen LogP contribution in [0.3, 0.4) is 0 Å². The number of rotatable bonds is 2. The molecule has 4 rings (SSSR count). The molecule has 0 aliphatic carbocycles. The van der Waals surface area contributed by atoms with Crippen LogP contribution in [-0.4, -0.2) is 41.1 Å². The number of halogens is 5. The molecule has 2 N–H and O–H groups in total. The van der Waals surface area contributed by atoms with Crippen LogP contribution in [0.2, 0.25) is 5.02 Å². The van der Waals surface area contributed by atoms with Gasteiger partial charge in [-0.3, -0.25) is 0 Å². The fourth-order valence-corrected chi connectivity index (χ4v) is 3.52. The largest absolute Gasteiger partial charge is 0.505 e. The predicted molar refractivity (Wildman–Crippen MR) is 97.8 cm³/mol. The van der Waals surface area contributed by atoms with Gasteiger partial charge in [-0.1, -0.05) is 11.6 Å². The van der Waals surface area contributed by atoms with Crippen molar-refractivity contribution in [3.63, 3.8) is 0 Å². The van der Waals surface area contributed by atoms with Crippen molar-refractivity contribution in [2.24, 2.45) is 0 Å². The van der Waals surface area contributed by atoms with E-state index >= 15 is 0 Å². The fraction of sp³-hybridized carbons (Fsp3) is 0.278. The lowest BCUT2D eigenvalue weighted by Crippen LogP contribution is -2.43. The fourth-order valence-electron chi connectivity index (χ4n) is 3.25. The smallest absolute Gasteiger partial charge is 0.419 e. The average Bonchev–Trinajstić information content (AvgIpc) is 3.05. The molecule has 5 nitrogen and oxygen atoms in total. The summed E-state index contributed by atoms with van der Waals surface area (Å²) >= 11 is 6.37. The summed E-state index contributed by atoms with van der Waals surface area (Å²) in [6.45, 7) is 3.20. The maximum atomic E-state index is 13.7. The summed E-state index contributed by atoms with van der Waals surface area (Å²) in [7, 11) is 0. The summed E-state index contributed by atoms with van der Waals surface area (Å²) in [5, 5.41) is 18.2. The van der Waals surface area contributed by atoms with Gasteiger partial charge in [0.2, 0.25) is 0 Å². The van der Waals surface area contributed by atoms with Crippen LogP contribution in [0, 0.1) is 5.82 Å². The van der Waals surface area contributed by atoms with E-state index in [1.165, 1.54) is 6.20 Å². The van der Waals surface area contributed by atoms with Crippen LogP contribution in [0.15, 0.2) is 30.5 Å². The molecule has 3 aromatic rings. The van der Waals surface area contributed by atoms with Crippen molar-refractivity contribution in [3.05, 3.63) is 46.9 Å². The van der Waals surface area contributed by atoms with Gasteiger partial charge in [-0.15, -0.1) is 0 Å². The van der Waals surface area contributed by atoms with Crippen LogP contribution in [0.5, 0.6) is 5.75 Å². The van der Waals surface area contributed by atoms with E-state index in [4.69, 9.17) is 11.6 Å². The van der Waals surface area contributed by atoms with E-state index < -0.39 is 23.3 Å². The third-order valence-corrected chi connectivity index (χ3v) is 4.94. The first-order valence-electron chi connectivity index (χ1n) is 8.49. The second-order valence-corrected chi connectivity index (χ2v) is 6.90. The van der Waals surface area contributed by atoms with Gasteiger partial charge in [0.25, 0.3) is 0 Å². The lowest BCUT2D eigenvalue weighted by atomic mass is 10.1. The highest BCUT2D eigenvalue weighted by atomic mass is 35.5. The molecular formula is C18H15ClF4N4O. The van der Waals surface area contributed by atoms with Crippen LogP contribution in [0.25, 0.3) is 16.6 Å². The van der Waals surface area contributed by atoms with Gasteiger partial charge in [0.1, 0.15) is 0 Å². The Hall–Kier alpha value is -2.52. The molecule has 0 atom stereocenters. The standard InChI is InChI=1S/C18H15ClF4N4O/c19-13-8-14-10(5-15(13)26-3-1-24-2-4-26)9-27(25-14)11-6-12(18(21,22)23)17(20)16(28)7-11/h5-9,24,28H,1-4H2. The molecule has 0 spiro atoms. The molecule has 0 saturated carbocycles. The second-order valence-electron chi connectivity index (χ2n) is 6.50. The number of phenolic OH excluding ortho intramolecular Hbond substituents is 1. The Morgan fingerprint density at radius 2 is 1.82 bits per heavy atom. The number of benzene rings is 2. The predicted octanol–water partition coefficient (Wildman–Crippen LogP) is 3.95. The molecular weight excluding hydrogens is 400 g/mol. The molecule has 0 amide bonds. The van der Waals surface area contributed by atoms with E-state index in [1.54, 1.807) is 6.07 Å². The molecule has 0 unspecified atom stereocenters. The van der Waals surface area contributed by atoms with E-state index in [0.717, 1.165) is 42.6 Å². The molecule has 1 fully saturated rings. The maximum Gasteiger partial charge on any atom is 0.419 e. The molecule has 10 heteroatoms. The number of anilines is 1. The Morgan fingerprint density at radius 3 is 2.50 bits per heavy atom. The van der Waals surface area contributed by atoms with E-state index in [1.807, 2.05) is 6.07 Å². The highest BCUT2D eigenvalue weighted by Gasteiger charge is 2.36. The number of alkyl halides is 3. The van der Waals surface area contributed by atoms with Crippen LogP contribution in [0.4, 0.5) is 23.2 Å². The topological polar surface area (TPSA) is 53.3 Å². The molecule has 1 aromatic heterocycles. The second kappa shape index (κ2) is 6.82. The molecule has 1 aliphatic heterocycles. The van der Waals surface area contributed by atoms with Crippen LogP contribution in [0.1, 0.15) is 5.56 Å². The highest BCUT2D eigenvalue weighted by Crippen LogP contribution is 2.37. The van der Waals surface area contributed by atoms with Crippen molar-refractivity contribution in [1.82, 2.24) is 15.1 Å². The Morgan fingerprint density at radius 1 is 1.11 bits per heavy atom. The summed E-state index contributed by atoms with van der Waals surface area (Å²) in [5.74, 6) is -2.80. The van der Waals surface area contributed by atoms with Crippen molar-refractivity contribution in [1.29, 1.82) is 0 Å². The Labute approximate surface area is 162 Å². The van der Waals surface area contributed by atoms with E-state index in [9.17, 15) is 22.7 Å². The Balaban J connectivity index is 1.79. The van der Waals surface area contributed by atoms with Crippen LogP contribution < -0.4 is 10.2 Å². The first-order valence-corrected chi connectivity index (χ1v) is 8.86. The van der Waals surface area contributed by atoms with Crippen molar-refractivity contribution < 1.29 is 22.7 Å². The van der Waals surface area contributed by atoms with Gasteiger partial charge < -0.3 is 15.3 Å². The Bertz CT molecular complexity index is 1040. The van der Waals surface area contributed by atoms with Crippen molar-refractivity contribution in [3.8, 4) is 11.4 Å². The molecule has 0 radical (unpaired) electrons. The number of phenols is 1. The molecule has 1 aliphatic rings. The summed E-state index contributed by atoms with van der Waals surface area (Å²) in [4.78, 5) is 2.11. The number of nitrogens with one attached hydrogen (secondary N) is 1. The van der Waals surface area contributed by atoms with Crippen LogP contribution in [-0.2, 0) is 6.18 Å². The minimum Gasteiger partial charge on any atom is -0.505 e. The zero-order valence-corrected chi connectivity index (χ0v) is 15.1. The van der Waals surface area contributed by atoms with Gasteiger partial charge in [-0.05, 0) is 18.2 Å². The lowest BCUT2D eigenvalue weighted by molar-refractivity contribution is -0.140. The van der Waals surface area contributed by atoms with Crippen molar-refractivity contribution in [2.75, 3.05) is 31.1 Å². The first-order chi connectivity index (χ1) is 13.2. The van der Waals surface area contributed by atoms with Crippen molar-refractivity contribution in [2.45, 2.75) is 6.18 Å². The molecule has 0 bridgehead atoms. The highest BCUT2D eigenvalue weighted by molar-refractivity contribution is 6.34. The molecule has 148 valence electrons. The maximum absolute atomic E-state index is 13.7. The van der Waals surface area contributed by atoms with E-state index in [2.05, 4.69) is 15.3 Å². The number of piperazine rings is 1. The zero-order valence-electron chi connectivity index (χ0n) is 14.4. The third kappa shape index (κ3) is 3.35. The quantitative estimate of drug-likeness (QED) is 0.623. The number of hydrogen-bond acceptors (Lipinski definition) is 4. The van der Waals surface area contributed by atoms with E-state index in [-0.39, 0.29) is 5.69 Å².